The largest absolute Gasteiger partial charge is 0.438 e. The van der Waals surface area contributed by atoms with Crippen LogP contribution in [0.25, 0.3) is 0 Å². The topological polar surface area (TPSA) is 44.8 Å². The van der Waals surface area contributed by atoms with Crippen molar-refractivity contribution in [3.05, 3.63) is 0 Å². The van der Waals surface area contributed by atoms with E-state index in [-0.39, 0.29) is 0 Å². The van der Waals surface area contributed by atoms with E-state index in [4.69, 9.17) is 9.47 Å². The van der Waals surface area contributed by atoms with Gasteiger partial charge in [0, 0.05) is 6.61 Å². The summed E-state index contributed by atoms with van der Waals surface area (Å²) < 4.78 is 14.9. The molecule has 0 aromatic carbocycles. The molecular formula is C10H20O4. The van der Waals surface area contributed by atoms with E-state index < -0.39 is 6.29 Å². The lowest BCUT2D eigenvalue weighted by molar-refractivity contribution is -0.162. The third kappa shape index (κ3) is 9.48. The molecule has 4 nitrogen and oxygen atoms in total. The molecule has 0 rings (SSSR count). The summed E-state index contributed by atoms with van der Waals surface area (Å²) in [4.78, 5) is 9.89. The molecule has 1 atom stereocenters. The Hall–Kier alpha value is -0.610. The van der Waals surface area contributed by atoms with Crippen LogP contribution in [0.3, 0.4) is 0 Å². The summed E-state index contributed by atoms with van der Waals surface area (Å²) in [6, 6.07) is 0. The summed E-state index contributed by atoms with van der Waals surface area (Å²) in [5.74, 6) is 0. The van der Waals surface area contributed by atoms with E-state index in [9.17, 15) is 4.79 Å². The monoisotopic (exact) mass is 204 g/mol. The lowest BCUT2D eigenvalue weighted by Crippen LogP contribution is -2.15. The number of hydrogen-bond acceptors (Lipinski definition) is 4. The van der Waals surface area contributed by atoms with Gasteiger partial charge in [-0.2, -0.15) is 0 Å². The molecule has 0 saturated heterocycles. The van der Waals surface area contributed by atoms with E-state index in [0.717, 1.165) is 13.0 Å². The van der Waals surface area contributed by atoms with Crippen LogP contribution in [-0.4, -0.2) is 32.6 Å². The first-order chi connectivity index (χ1) is 6.81. The highest BCUT2D eigenvalue weighted by Crippen LogP contribution is 1.95. The SMILES string of the molecule is CCCCCOCCOC(C)OC=O. The van der Waals surface area contributed by atoms with Crippen LogP contribution in [0.1, 0.15) is 33.1 Å². The Labute approximate surface area is 85.5 Å². The van der Waals surface area contributed by atoms with Gasteiger partial charge < -0.3 is 14.2 Å². The van der Waals surface area contributed by atoms with E-state index in [0.29, 0.717) is 19.7 Å². The number of carbonyl (C=O) groups excluding carboxylic acids is 1. The van der Waals surface area contributed by atoms with Crippen molar-refractivity contribution in [1.29, 1.82) is 0 Å². The van der Waals surface area contributed by atoms with Gasteiger partial charge in [-0.15, -0.1) is 0 Å². The smallest absolute Gasteiger partial charge is 0.295 e. The molecule has 0 saturated carbocycles. The zero-order valence-electron chi connectivity index (χ0n) is 9.03. The van der Waals surface area contributed by atoms with Crippen LogP contribution in [0.15, 0.2) is 0 Å². The number of carbonyl (C=O) groups is 1. The van der Waals surface area contributed by atoms with E-state index in [1.54, 1.807) is 6.92 Å². The van der Waals surface area contributed by atoms with Crippen molar-refractivity contribution in [1.82, 2.24) is 0 Å². The molecule has 0 aromatic rings. The van der Waals surface area contributed by atoms with Gasteiger partial charge in [0.05, 0.1) is 13.2 Å². The van der Waals surface area contributed by atoms with Gasteiger partial charge in [-0.25, -0.2) is 0 Å². The van der Waals surface area contributed by atoms with Crippen LogP contribution in [0.4, 0.5) is 0 Å². The molecule has 4 heteroatoms. The maximum Gasteiger partial charge on any atom is 0.295 e. The molecule has 0 amide bonds. The van der Waals surface area contributed by atoms with E-state index in [1.807, 2.05) is 0 Å². The fourth-order valence-corrected chi connectivity index (χ4v) is 0.947. The minimum Gasteiger partial charge on any atom is -0.438 e. The van der Waals surface area contributed by atoms with Gasteiger partial charge in [0.25, 0.3) is 6.47 Å². The third-order valence-electron chi connectivity index (χ3n) is 1.72. The van der Waals surface area contributed by atoms with Gasteiger partial charge in [-0.05, 0) is 13.3 Å². The molecule has 0 bridgehead atoms. The average Bonchev–Trinajstić information content (AvgIpc) is 2.17. The maximum atomic E-state index is 9.89. The Bertz CT molecular complexity index is 127. The maximum absolute atomic E-state index is 9.89. The van der Waals surface area contributed by atoms with Crippen LogP contribution >= 0.6 is 0 Å². The zero-order valence-corrected chi connectivity index (χ0v) is 9.03. The molecule has 0 heterocycles. The van der Waals surface area contributed by atoms with Gasteiger partial charge in [0.1, 0.15) is 0 Å². The minimum absolute atomic E-state index is 0.382. The molecule has 0 aliphatic carbocycles. The number of rotatable bonds is 10. The van der Waals surface area contributed by atoms with Gasteiger partial charge >= 0.3 is 0 Å². The first-order valence-electron chi connectivity index (χ1n) is 5.09. The summed E-state index contributed by atoms with van der Waals surface area (Å²) in [7, 11) is 0. The highest BCUT2D eigenvalue weighted by Gasteiger charge is 1.99. The summed E-state index contributed by atoms with van der Waals surface area (Å²) >= 11 is 0. The Balaban J connectivity index is 3.01. The van der Waals surface area contributed by atoms with Crippen LogP contribution in [0, 0.1) is 0 Å². The lowest BCUT2D eigenvalue weighted by Gasteiger charge is -2.10. The van der Waals surface area contributed by atoms with Crippen LogP contribution in [0.5, 0.6) is 0 Å². The van der Waals surface area contributed by atoms with Crippen molar-refractivity contribution in [2.24, 2.45) is 0 Å². The minimum atomic E-state index is -0.480. The molecule has 1 unspecified atom stereocenters. The molecule has 0 aromatic heterocycles. The van der Waals surface area contributed by atoms with Crippen molar-refractivity contribution in [3.8, 4) is 0 Å². The fourth-order valence-electron chi connectivity index (χ4n) is 0.947. The van der Waals surface area contributed by atoms with Gasteiger partial charge in [0.2, 0.25) is 0 Å². The second-order valence-electron chi connectivity index (χ2n) is 2.99. The first kappa shape index (κ1) is 13.4. The Morgan fingerprint density at radius 2 is 2.00 bits per heavy atom. The Kier molecular flexibility index (Phi) is 10.0. The first-order valence-corrected chi connectivity index (χ1v) is 5.09. The van der Waals surface area contributed by atoms with Crippen LogP contribution in [-0.2, 0) is 19.0 Å². The molecule has 0 N–H and O–H groups in total. The molecule has 0 fully saturated rings. The molecule has 14 heavy (non-hydrogen) atoms. The quantitative estimate of drug-likeness (QED) is 0.309. The second kappa shape index (κ2) is 10.5. The number of hydrogen-bond donors (Lipinski definition) is 0. The summed E-state index contributed by atoms with van der Waals surface area (Å²) in [6.45, 7) is 6.00. The highest BCUT2D eigenvalue weighted by atomic mass is 16.7. The van der Waals surface area contributed by atoms with Gasteiger partial charge in [-0.1, -0.05) is 19.8 Å². The second-order valence-corrected chi connectivity index (χ2v) is 2.99. The molecule has 84 valence electrons. The summed E-state index contributed by atoms with van der Waals surface area (Å²) in [5, 5.41) is 0. The van der Waals surface area contributed by atoms with Crippen molar-refractivity contribution in [2.75, 3.05) is 19.8 Å². The standard InChI is InChI=1S/C10H20O4/c1-3-4-5-6-12-7-8-13-10(2)14-9-11/h9-10H,3-8H2,1-2H3. The van der Waals surface area contributed by atoms with E-state index in [2.05, 4.69) is 11.7 Å². The van der Waals surface area contributed by atoms with Crippen molar-refractivity contribution in [2.45, 2.75) is 39.4 Å². The normalized spacial score (nSPS) is 12.4. The highest BCUT2D eigenvalue weighted by molar-refractivity contribution is 5.37. The lowest BCUT2D eigenvalue weighted by atomic mass is 10.3. The average molecular weight is 204 g/mol. The van der Waals surface area contributed by atoms with Crippen molar-refractivity contribution < 1.29 is 19.0 Å². The third-order valence-corrected chi connectivity index (χ3v) is 1.72. The zero-order chi connectivity index (χ0) is 10.6. The molecule has 0 spiro atoms. The van der Waals surface area contributed by atoms with Gasteiger partial charge in [-0.3, -0.25) is 4.79 Å². The predicted molar refractivity (Wildman–Crippen MR) is 52.9 cm³/mol. The number of ether oxygens (including phenoxy) is 3. The Morgan fingerprint density at radius 1 is 1.21 bits per heavy atom. The summed E-state index contributed by atoms with van der Waals surface area (Å²) in [5.41, 5.74) is 0. The van der Waals surface area contributed by atoms with Crippen molar-refractivity contribution >= 4 is 6.47 Å². The van der Waals surface area contributed by atoms with Crippen molar-refractivity contribution in [3.63, 3.8) is 0 Å². The van der Waals surface area contributed by atoms with E-state index >= 15 is 0 Å². The fraction of sp³-hybridized carbons (Fsp3) is 0.900. The molecule has 0 aliphatic heterocycles. The Morgan fingerprint density at radius 3 is 2.64 bits per heavy atom. The molecular weight excluding hydrogens is 184 g/mol. The molecule has 0 radical (unpaired) electrons. The van der Waals surface area contributed by atoms with E-state index in [1.165, 1.54) is 12.8 Å². The molecule has 0 aliphatic rings. The van der Waals surface area contributed by atoms with Gasteiger partial charge in [0.15, 0.2) is 6.29 Å². The van der Waals surface area contributed by atoms with Crippen LogP contribution in [0.2, 0.25) is 0 Å². The predicted octanol–water partition coefficient (Wildman–Crippen LogP) is 1.73. The van der Waals surface area contributed by atoms with Crippen LogP contribution < -0.4 is 0 Å². The summed E-state index contributed by atoms with van der Waals surface area (Å²) in [6.07, 6.45) is 3.01. The number of unbranched alkanes of at least 4 members (excludes halogenated alkanes) is 2.